The highest BCUT2D eigenvalue weighted by molar-refractivity contribution is 8.00. The summed E-state index contributed by atoms with van der Waals surface area (Å²) in [5.41, 5.74) is 8.30. The number of anilines is 1. The van der Waals surface area contributed by atoms with Gasteiger partial charge in [-0.2, -0.15) is 11.8 Å². The van der Waals surface area contributed by atoms with Crippen LogP contribution in [0.3, 0.4) is 0 Å². The molecule has 2 atom stereocenters. The van der Waals surface area contributed by atoms with Gasteiger partial charge in [0, 0.05) is 61.5 Å². The molecule has 1 aromatic rings. The Morgan fingerprint density at radius 2 is 2.10 bits per heavy atom. The van der Waals surface area contributed by atoms with Crippen molar-refractivity contribution in [3.05, 3.63) is 17.3 Å². The molecule has 0 spiro atoms. The summed E-state index contributed by atoms with van der Waals surface area (Å²) in [4.78, 5) is 7.67. The molecule has 0 bridgehead atoms. The van der Waals surface area contributed by atoms with Crippen molar-refractivity contribution in [3.8, 4) is 0 Å². The van der Waals surface area contributed by atoms with E-state index in [1.54, 1.807) is 0 Å². The van der Waals surface area contributed by atoms with Gasteiger partial charge in [-0.1, -0.05) is 0 Å². The molecule has 2 unspecified atom stereocenters. The van der Waals surface area contributed by atoms with Crippen LogP contribution in [0.25, 0.3) is 0 Å². The minimum absolute atomic E-state index is 0.781. The maximum Gasteiger partial charge on any atom is 0.105 e. The molecular formula is C14H25N5S. The van der Waals surface area contributed by atoms with Gasteiger partial charge in [-0.3, -0.25) is 4.90 Å². The minimum atomic E-state index is 0.781. The number of thioether (sulfide) groups is 1. The van der Waals surface area contributed by atoms with Crippen LogP contribution in [0.4, 0.5) is 5.82 Å². The fourth-order valence-electron chi connectivity index (χ4n) is 3.24. The highest BCUT2D eigenvalue weighted by Crippen LogP contribution is 2.25. The fourth-order valence-corrected chi connectivity index (χ4v) is 4.55. The van der Waals surface area contributed by atoms with Crippen LogP contribution in [0.1, 0.15) is 11.1 Å². The van der Waals surface area contributed by atoms with Crippen LogP contribution in [0.2, 0.25) is 0 Å². The number of aromatic nitrogens is 1. The predicted octanol–water partition coefficient (Wildman–Crippen LogP) is 0.548. The van der Waals surface area contributed by atoms with E-state index >= 15 is 0 Å². The Balaban J connectivity index is 0.000000121. The van der Waals surface area contributed by atoms with Gasteiger partial charge < -0.3 is 20.9 Å². The first-order valence-corrected chi connectivity index (χ1v) is 8.35. The fraction of sp³-hybridized carbons (Fsp3) is 0.714. The van der Waals surface area contributed by atoms with Crippen LogP contribution in [0, 0.1) is 0 Å². The summed E-state index contributed by atoms with van der Waals surface area (Å²) < 4.78 is 0. The zero-order valence-corrected chi connectivity index (χ0v) is 13.2. The van der Waals surface area contributed by atoms with Crippen LogP contribution in [0.15, 0.2) is 6.20 Å². The van der Waals surface area contributed by atoms with Gasteiger partial charge in [0.25, 0.3) is 0 Å². The van der Waals surface area contributed by atoms with Crippen molar-refractivity contribution < 1.29 is 0 Å². The highest BCUT2D eigenvalue weighted by Gasteiger charge is 2.32. The Morgan fingerprint density at radius 1 is 1.25 bits per heavy atom. The number of rotatable bonds is 0. The molecule has 3 aliphatic heterocycles. The molecule has 0 amide bonds. The lowest BCUT2D eigenvalue weighted by molar-refractivity contribution is 0.352. The third-order valence-electron chi connectivity index (χ3n) is 4.27. The van der Waals surface area contributed by atoms with Gasteiger partial charge in [0.15, 0.2) is 0 Å². The molecule has 20 heavy (non-hydrogen) atoms. The van der Waals surface area contributed by atoms with Crippen molar-refractivity contribution in [1.82, 2.24) is 20.1 Å². The number of nitrogens with one attached hydrogen (secondary N) is 2. The normalized spacial score (nSPS) is 29.7. The molecule has 2 saturated heterocycles. The van der Waals surface area contributed by atoms with Crippen molar-refractivity contribution in [2.24, 2.45) is 0 Å². The summed E-state index contributed by atoms with van der Waals surface area (Å²) in [5.74, 6) is 2.13. The number of likely N-dealkylation sites (tertiary alicyclic amines) is 1. The Kier molecular flexibility index (Phi) is 4.26. The molecular weight excluding hydrogens is 270 g/mol. The number of nitrogens with two attached hydrogens (primary N) is 1. The summed E-state index contributed by atoms with van der Waals surface area (Å²) >= 11 is 2.13. The first-order valence-electron chi connectivity index (χ1n) is 7.30. The molecule has 2 fully saturated rings. The molecule has 5 nitrogen and oxygen atoms in total. The zero-order chi connectivity index (χ0) is 14.1. The number of H-pyrrole nitrogens is 1. The zero-order valence-electron chi connectivity index (χ0n) is 12.4. The van der Waals surface area contributed by atoms with Crippen molar-refractivity contribution in [3.63, 3.8) is 0 Å². The van der Waals surface area contributed by atoms with Gasteiger partial charge >= 0.3 is 0 Å². The second-order valence-electron chi connectivity index (χ2n) is 6.07. The minimum Gasteiger partial charge on any atom is -0.385 e. The Hall–Kier alpha value is -0.690. The molecule has 0 saturated carbocycles. The van der Waals surface area contributed by atoms with E-state index in [1.165, 1.54) is 36.5 Å². The maximum absolute atomic E-state index is 5.67. The van der Waals surface area contributed by atoms with Crippen LogP contribution in [0.5, 0.6) is 0 Å². The lowest BCUT2D eigenvalue weighted by Gasteiger charge is -2.24. The van der Waals surface area contributed by atoms with Crippen molar-refractivity contribution in [2.45, 2.75) is 24.4 Å². The summed E-state index contributed by atoms with van der Waals surface area (Å²) in [6.07, 6.45) is 1.99. The lowest BCUT2D eigenvalue weighted by Crippen LogP contribution is -2.43. The Morgan fingerprint density at radius 3 is 2.85 bits per heavy atom. The van der Waals surface area contributed by atoms with E-state index in [9.17, 15) is 0 Å². The quantitative estimate of drug-likeness (QED) is 0.652. The topological polar surface area (TPSA) is 60.3 Å². The third-order valence-corrected chi connectivity index (χ3v) is 5.62. The second-order valence-corrected chi connectivity index (χ2v) is 7.42. The van der Waals surface area contributed by atoms with E-state index in [-0.39, 0.29) is 0 Å². The van der Waals surface area contributed by atoms with E-state index in [4.69, 9.17) is 5.73 Å². The summed E-state index contributed by atoms with van der Waals surface area (Å²) in [6, 6.07) is 0.781. The van der Waals surface area contributed by atoms with Gasteiger partial charge in [-0.05, 0) is 19.7 Å². The lowest BCUT2D eigenvalue weighted by atomic mass is 10.2. The van der Waals surface area contributed by atoms with Gasteiger partial charge in [0.2, 0.25) is 0 Å². The molecule has 4 N–H and O–H groups in total. The first kappa shape index (κ1) is 14.3. The molecule has 0 aromatic carbocycles. The average Bonchev–Trinajstić information content (AvgIpc) is 3.06. The van der Waals surface area contributed by atoms with E-state index in [0.29, 0.717) is 0 Å². The van der Waals surface area contributed by atoms with E-state index in [0.717, 1.165) is 30.2 Å². The summed E-state index contributed by atoms with van der Waals surface area (Å²) in [6.45, 7) is 5.76. The summed E-state index contributed by atoms with van der Waals surface area (Å²) in [7, 11) is 4.31. The molecule has 0 aliphatic carbocycles. The summed E-state index contributed by atoms with van der Waals surface area (Å²) in [5, 5.41) is 4.42. The largest absolute Gasteiger partial charge is 0.385 e. The number of nitrogens with zero attached hydrogens (tertiary/aromatic N) is 2. The Bertz CT molecular complexity index is 446. The van der Waals surface area contributed by atoms with E-state index in [1.807, 2.05) is 6.20 Å². The van der Waals surface area contributed by atoms with Gasteiger partial charge in [0.05, 0.1) is 0 Å². The predicted molar refractivity (Wildman–Crippen MR) is 85.9 cm³/mol. The van der Waals surface area contributed by atoms with E-state index in [2.05, 4.69) is 46.0 Å². The SMILES string of the molecule is CN1CC2NCCSC2C1.CN1Cc2c[nH]c(N)c2C1. The Labute approximate surface area is 125 Å². The number of fused-ring (bicyclic) bond motifs is 2. The molecule has 4 heterocycles. The smallest absolute Gasteiger partial charge is 0.105 e. The number of nitrogen functional groups attached to an aromatic ring is 1. The van der Waals surface area contributed by atoms with Gasteiger partial charge in [-0.25, -0.2) is 0 Å². The van der Waals surface area contributed by atoms with Gasteiger partial charge in [0.1, 0.15) is 5.82 Å². The van der Waals surface area contributed by atoms with Crippen molar-refractivity contribution >= 4 is 17.6 Å². The maximum atomic E-state index is 5.67. The number of aromatic amines is 1. The number of hydrogen-bond donors (Lipinski definition) is 3. The van der Waals surface area contributed by atoms with Crippen LogP contribution >= 0.6 is 11.8 Å². The second kappa shape index (κ2) is 5.97. The molecule has 1 aromatic heterocycles. The van der Waals surface area contributed by atoms with Crippen molar-refractivity contribution in [1.29, 1.82) is 0 Å². The average molecular weight is 295 g/mol. The van der Waals surface area contributed by atoms with Gasteiger partial charge in [-0.15, -0.1) is 0 Å². The van der Waals surface area contributed by atoms with Crippen LogP contribution in [-0.4, -0.2) is 65.6 Å². The number of hydrogen-bond acceptors (Lipinski definition) is 5. The van der Waals surface area contributed by atoms with Crippen LogP contribution in [-0.2, 0) is 13.1 Å². The molecule has 4 rings (SSSR count). The highest BCUT2D eigenvalue weighted by atomic mass is 32.2. The van der Waals surface area contributed by atoms with Crippen LogP contribution < -0.4 is 11.1 Å². The first-order chi connectivity index (χ1) is 9.63. The standard InChI is InChI=1S/C7H11N3.C7H14N2S/c1-10-3-5-2-9-7(8)6(5)4-10;1-9-4-6-7(5-9)10-3-2-8-6/h2,9H,3-4,8H2,1H3;6-8H,2-5H2,1H3. The number of likely N-dealkylation sites (N-methyl/N-ethyl adjacent to an activating group) is 1. The molecule has 3 aliphatic rings. The monoisotopic (exact) mass is 295 g/mol. The molecule has 112 valence electrons. The molecule has 0 radical (unpaired) electrons. The van der Waals surface area contributed by atoms with Crippen molar-refractivity contribution in [2.75, 3.05) is 45.2 Å². The third kappa shape index (κ3) is 2.98. The van der Waals surface area contributed by atoms with E-state index < -0.39 is 0 Å². The molecule has 6 heteroatoms.